The van der Waals surface area contributed by atoms with Gasteiger partial charge >= 0.3 is 6.09 Å². The second-order valence-electron chi connectivity index (χ2n) is 5.51. The number of aromatic hydroxyl groups is 1. The van der Waals surface area contributed by atoms with Crippen LogP contribution in [0, 0.1) is 0 Å². The number of rotatable bonds is 2. The lowest BCUT2D eigenvalue weighted by Gasteiger charge is -2.31. The summed E-state index contributed by atoms with van der Waals surface area (Å²) in [5.41, 5.74) is 1.73. The molecule has 4 nitrogen and oxygen atoms in total. The van der Waals surface area contributed by atoms with Gasteiger partial charge in [-0.25, -0.2) is 4.79 Å². The van der Waals surface area contributed by atoms with Crippen LogP contribution in [0.1, 0.15) is 31.4 Å². The maximum absolute atomic E-state index is 11.2. The van der Waals surface area contributed by atoms with Crippen molar-refractivity contribution in [2.24, 2.45) is 0 Å². The van der Waals surface area contributed by atoms with Crippen molar-refractivity contribution in [1.82, 2.24) is 0 Å². The zero-order valence-corrected chi connectivity index (χ0v) is 11.9. The fourth-order valence-electron chi connectivity index (χ4n) is 2.48. The first kappa shape index (κ1) is 14.0. The molecule has 1 aliphatic heterocycles. The topological polar surface area (TPSA) is 60.8 Å². The zero-order chi connectivity index (χ0) is 14.2. The number of hydrogen-bond acceptors (Lipinski definition) is 2. The van der Waals surface area contributed by atoms with Gasteiger partial charge in [-0.05, 0) is 18.9 Å². The Hall–Kier alpha value is -1.42. The highest BCUT2D eigenvalue weighted by Crippen LogP contribution is 2.41. The van der Waals surface area contributed by atoms with Crippen molar-refractivity contribution in [3.05, 3.63) is 23.3 Å². The Kier molecular flexibility index (Phi) is 3.63. The molecular weight excluding hydrogens is 266 g/mol. The maximum Gasteiger partial charge on any atom is 0.411 e. The third-order valence-electron chi connectivity index (χ3n) is 3.65. The summed E-state index contributed by atoms with van der Waals surface area (Å²) < 4.78 is 0. The van der Waals surface area contributed by atoms with Gasteiger partial charge in [-0.15, -0.1) is 11.6 Å². The molecular formula is C14H18ClNO3. The van der Waals surface area contributed by atoms with Gasteiger partial charge in [0, 0.05) is 29.0 Å². The summed E-state index contributed by atoms with van der Waals surface area (Å²) in [5, 5.41) is 19.6. The number of halogens is 1. The quantitative estimate of drug-likeness (QED) is 0.818. The number of alkyl halides is 1. The van der Waals surface area contributed by atoms with Gasteiger partial charge < -0.3 is 10.2 Å². The van der Waals surface area contributed by atoms with E-state index in [4.69, 9.17) is 11.6 Å². The average Bonchev–Trinajstić information content (AvgIpc) is 2.38. The molecule has 0 atom stereocenters. The maximum atomic E-state index is 11.2. The molecule has 2 rings (SSSR count). The Morgan fingerprint density at radius 1 is 1.47 bits per heavy atom. The van der Waals surface area contributed by atoms with Gasteiger partial charge in [-0.3, -0.25) is 4.90 Å². The molecule has 1 aliphatic rings. The van der Waals surface area contributed by atoms with Crippen LogP contribution in [0.3, 0.4) is 0 Å². The number of anilines is 1. The molecule has 0 aromatic heterocycles. The number of carbonyl (C=O) groups is 1. The Bertz CT molecular complexity index is 514. The van der Waals surface area contributed by atoms with Gasteiger partial charge in [0.25, 0.3) is 0 Å². The lowest BCUT2D eigenvalue weighted by atomic mass is 9.83. The van der Waals surface area contributed by atoms with Crippen LogP contribution in [0.15, 0.2) is 12.1 Å². The number of amides is 1. The van der Waals surface area contributed by atoms with Crippen LogP contribution in [0.5, 0.6) is 5.75 Å². The number of carboxylic acid groups (broad SMARTS) is 1. The Balaban J connectivity index is 2.54. The van der Waals surface area contributed by atoms with Gasteiger partial charge in [0.05, 0.1) is 5.69 Å². The number of phenols is 1. The van der Waals surface area contributed by atoms with E-state index < -0.39 is 6.09 Å². The minimum Gasteiger partial charge on any atom is -0.507 e. The monoisotopic (exact) mass is 283 g/mol. The number of hydrogen-bond donors (Lipinski definition) is 2. The molecule has 1 aromatic rings. The van der Waals surface area contributed by atoms with Crippen LogP contribution in [-0.4, -0.2) is 28.7 Å². The van der Waals surface area contributed by atoms with Crippen molar-refractivity contribution in [2.45, 2.75) is 32.1 Å². The van der Waals surface area contributed by atoms with E-state index in [9.17, 15) is 15.0 Å². The fraction of sp³-hybridized carbons (Fsp3) is 0.500. The van der Waals surface area contributed by atoms with Crippen LogP contribution in [0.2, 0.25) is 0 Å². The lowest BCUT2D eigenvalue weighted by molar-refractivity contribution is 0.201. The highest BCUT2D eigenvalue weighted by Gasteiger charge is 2.29. The molecule has 0 saturated heterocycles. The first-order valence-corrected chi connectivity index (χ1v) is 6.83. The first-order valence-electron chi connectivity index (χ1n) is 6.30. The van der Waals surface area contributed by atoms with Crippen molar-refractivity contribution in [3.63, 3.8) is 0 Å². The molecule has 19 heavy (non-hydrogen) atoms. The summed E-state index contributed by atoms with van der Waals surface area (Å²) in [6, 6.07) is 3.55. The van der Waals surface area contributed by atoms with Crippen LogP contribution < -0.4 is 4.90 Å². The van der Waals surface area contributed by atoms with E-state index in [1.807, 2.05) is 13.8 Å². The summed E-state index contributed by atoms with van der Waals surface area (Å²) >= 11 is 5.95. The third-order valence-corrected chi connectivity index (χ3v) is 4.32. The minimum absolute atomic E-state index is 0.189. The third kappa shape index (κ3) is 2.37. The van der Waals surface area contributed by atoms with E-state index in [2.05, 4.69) is 0 Å². The molecule has 104 valence electrons. The summed E-state index contributed by atoms with van der Waals surface area (Å²) in [4.78, 5) is 12.5. The number of benzene rings is 1. The van der Waals surface area contributed by atoms with Crippen molar-refractivity contribution >= 4 is 23.4 Å². The predicted molar refractivity (Wildman–Crippen MR) is 75.5 cm³/mol. The SMILES string of the molecule is CC(C)(CCl)c1ccc2c(c1O)CCCN2C(=O)O. The van der Waals surface area contributed by atoms with Crippen molar-refractivity contribution in [1.29, 1.82) is 0 Å². The zero-order valence-electron chi connectivity index (χ0n) is 11.1. The van der Waals surface area contributed by atoms with Gasteiger partial charge in [0.1, 0.15) is 5.75 Å². The predicted octanol–water partition coefficient (Wildman–Crippen LogP) is 3.34. The molecule has 1 heterocycles. The van der Waals surface area contributed by atoms with Gasteiger partial charge in [-0.2, -0.15) is 0 Å². The summed E-state index contributed by atoms with van der Waals surface area (Å²) in [6.45, 7) is 4.39. The average molecular weight is 284 g/mol. The minimum atomic E-state index is -0.982. The highest BCUT2D eigenvalue weighted by atomic mass is 35.5. The molecule has 1 amide bonds. The van der Waals surface area contributed by atoms with Crippen LogP contribution in [0.4, 0.5) is 10.5 Å². The van der Waals surface area contributed by atoms with E-state index in [0.717, 1.165) is 12.0 Å². The highest BCUT2D eigenvalue weighted by molar-refractivity contribution is 6.18. The molecule has 0 bridgehead atoms. The number of fused-ring (bicyclic) bond motifs is 1. The Morgan fingerprint density at radius 2 is 2.16 bits per heavy atom. The summed E-state index contributed by atoms with van der Waals surface area (Å²) in [7, 11) is 0. The molecule has 0 saturated carbocycles. The van der Waals surface area contributed by atoms with Gasteiger partial charge in [0.15, 0.2) is 0 Å². The van der Waals surface area contributed by atoms with E-state index in [1.54, 1.807) is 12.1 Å². The second-order valence-corrected chi connectivity index (χ2v) is 5.78. The first-order chi connectivity index (χ1) is 8.88. The normalized spacial score (nSPS) is 15.2. The van der Waals surface area contributed by atoms with E-state index >= 15 is 0 Å². The van der Waals surface area contributed by atoms with Gasteiger partial charge in [-0.1, -0.05) is 19.9 Å². The lowest BCUT2D eigenvalue weighted by Crippen LogP contribution is -2.34. The van der Waals surface area contributed by atoms with Crippen LogP contribution in [0.25, 0.3) is 0 Å². The Labute approximate surface area is 117 Å². The molecule has 1 aromatic carbocycles. The summed E-state index contributed by atoms with van der Waals surface area (Å²) in [6.07, 6.45) is 0.430. The van der Waals surface area contributed by atoms with Crippen LogP contribution >= 0.6 is 11.6 Å². The fourth-order valence-corrected chi connectivity index (χ4v) is 2.62. The molecule has 0 spiro atoms. The van der Waals surface area contributed by atoms with Crippen molar-refractivity contribution < 1.29 is 15.0 Å². The van der Waals surface area contributed by atoms with E-state index in [0.29, 0.717) is 30.1 Å². The standard InChI is InChI=1S/C14H18ClNO3/c1-14(2,8-15)10-5-6-11-9(12(10)17)4-3-7-16(11)13(18)19/h5-6,17H,3-4,7-8H2,1-2H3,(H,18,19). The second kappa shape index (κ2) is 4.93. The molecule has 0 fully saturated rings. The number of phenolic OH excluding ortho intramolecular Hbond substituents is 1. The van der Waals surface area contributed by atoms with E-state index in [-0.39, 0.29) is 11.2 Å². The van der Waals surface area contributed by atoms with Crippen LogP contribution in [-0.2, 0) is 11.8 Å². The van der Waals surface area contributed by atoms with Gasteiger partial charge in [0.2, 0.25) is 0 Å². The number of nitrogens with zero attached hydrogens (tertiary/aromatic N) is 1. The molecule has 0 unspecified atom stereocenters. The van der Waals surface area contributed by atoms with Crippen molar-refractivity contribution in [3.8, 4) is 5.75 Å². The molecule has 0 aliphatic carbocycles. The summed E-state index contributed by atoms with van der Waals surface area (Å²) in [5.74, 6) is 0.580. The van der Waals surface area contributed by atoms with E-state index in [1.165, 1.54) is 4.90 Å². The van der Waals surface area contributed by atoms with Crippen molar-refractivity contribution in [2.75, 3.05) is 17.3 Å². The molecule has 5 heteroatoms. The Morgan fingerprint density at radius 3 is 2.74 bits per heavy atom. The molecule has 2 N–H and O–H groups in total. The largest absolute Gasteiger partial charge is 0.507 e. The smallest absolute Gasteiger partial charge is 0.411 e. The molecule has 0 radical (unpaired) electrons.